The summed E-state index contributed by atoms with van der Waals surface area (Å²) in [6.07, 6.45) is -4.59. The molecule has 7 heteroatoms. The number of alkyl halides is 3. The number of anilines is 1. The van der Waals surface area contributed by atoms with E-state index in [1.165, 1.54) is 7.11 Å². The Balaban J connectivity index is 2.90. The predicted molar refractivity (Wildman–Crippen MR) is 61.3 cm³/mol. The number of rotatable bonds is 6. The van der Waals surface area contributed by atoms with E-state index in [1.807, 2.05) is 6.92 Å². The van der Waals surface area contributed by atoms with Gasteiger partial charge in [-0.3, -0.25) is 0 Å². The number of hydrogen-bond acceptors (Lipinski definition) is 4. The largest absolute Gasteiger partial charge is 0.396 e. The highest BCUT2D eigenvalue weighted by Gasteiger charge is 2.29. The molecule has 0 aliphatic rings. The van der Waals surface area contributed by atoms with E-state index in [4.69, 9.17) is 4.74 Å². The highest BCUT2D eigenvalue weighted by molar-refractivity contribution is 5.36. The Morgan fingerprint density at radius 1 is 1.33 bits per heavy atom. The summed E-state index contributed by atoms with van der Waals surface area (Å²) >= 11 is 0. The van der Waals surface area contributed by atoms with Crippen LogP contribution in [0.5, 0.6) is 0 Å². The quantitative estimate of drug-likeness (QED) is 0.856. The van der Waals surface area contributed by atoms with E-state index in [9.17, 15) is 13.2 Å². The van der Waals surface area contributed by atoms with Crippen molar-refractivity contribution in [2.75, 3.05) is 19.0 Å². The fourth-order valence-corrected chi connectivity index (χ4v) is 1.38. The van der Waals surface area contributed by atoms with Crippen molar-refractivity contribution < 1.29 is 17.9 Å². The SMILES string of the molecule is CCCNc1cc(COC)nc(CC(F)(F)F)n1. The molecule has 0 unspecified atom stereocenters. The van der Waals surface area contributed by atoms with Crippen LogP contribution in [0.3, 0.4) is 0 Å². The van der Waals surface area contributed by atoms with E-state index >= 15 is 0 Å². The molecule has 1 heterocycles. The Hall–Kier alpha value is -1.37. The van der Waals surface area contributed by atoms with Gasteiger partial charge in [0, 0.05) is 19.7 Å². The topological polar surface area (TPSA) is 47.0 Å². The molecule has 0 saturated heterocycles. The van der Waals surface area contributed by atoms with E-state index < -0.39 is 12.6 Å². The highest BCUT2D eigenvalue weighted by Crippen LogP contribution is 2.20. The Labute approximate surface area is 104 Å². The van der Waals surface area contributed by atoms with Gasteiger partial charge >= 0.3 is 6.18 Å². The molecular formula is C11H16F3N3O. The standard InChI is InChI=1S/C11H16F3N3O/c1-3-4-15-9-5-8(7-18-2)16-10(17-9)6-11(12,13)14/h5H,3-4,6-7H2,1-2H3,(H,15,16,17). The van der Waals surface area contributed by atoms with Crippen LogP contribution in [0, 0.1) is 0 Å². The second-order valence-corrected chi connectivity index (χ2v) is 3.81. The van der Waals surface area contributed by atoms with Crippen molar-refractivity contribution in [3.8, 4) is 0 Å². The fourth-order valence-electron chi connectivity index (χ4n) is 1.38. The summed E-state index contributed by atoms with van der Waals surface area (Å²) in [7, 11) is 1.46. The third kappa shape index (κ3) is 5.31. The molecule has 1 N–H and O–H groups in total. The molecule has 0 aromatic carbocycles. The average Bonchev–Trinajstić information content (AvgIpc) is 2.24. The Morgan fingerprint density at radius 3 is 2.61 bits per heavy atom. The maximum absolute atomic E-state index is 12.3. The lowest BCUT2D eigenvalue weighted by Crippen LogP contribution is -2.16. The van der Waals surface area contributed by atoms with Crippen LogP contribution in [0.1, 0.15) is 24.9 Å². The molecule has 18 heavy (non-hydrogen) atoms. The summed E-state index contributed by atoms with van der Waals surface area (Å²) in [4.78, 5) is 7.66. The molecule has 1 rings (SSSR count). The van der Waals surface area contributed by atoms with Crippen LogP contribution in [0.25, 0.3) is 0 Å². The van der Waals surface area contributed by atoms with Gasteiger partial charge in [0.05, 0.1) is 12.3 Å². The lowest BCUT2D eigenvalue weighted by Gasteiger charge is -2.10. The second kappa shape index (κ2) is 6.53. The summed E-state index contributed by atoms with van der Waals surface area (Å²) in [5.74, 6) is 0.161. The maximum atomic E-state index is 12.3. The zero-order valence-electron chi connectivity index (χ0n) is 10.3. The molecular weight excluding hydrogens is 247 g/mol. The molecule has 1 aromatic rings. The molecule has 0 saturated carbocycles. The van der Waals surface area contributed by atoms with Gasteiger partial charge in [-0.15, -0.1) is 0 Å². The van der Waals surface area contributed by atoms with E-state index in [-0.39, 0.29) is 12.4 Å². The van der Waals surface area contributed by atoms with Gasteiger partial charge in [-0.1, -0.05) is 6.92 Å². The molecule has 0 atom stereocenters. The van der Waals surface area contributed by atoms with Crippen molar-refractivity contribution in [2.45, 2.75) is 32.5 Å². The molecule has 0 fully saturated rings. The van der Waals surface area contributed by atoms with Gasteiger partial charge in [-0.25, -0.2) is 9.97 Å². The number of ether oxygens (including phenoxy) is 1. The Bertz CT molecular complexity index is 382. The monoisotopic (exact) mass is 263 g/mol. The third-order valence-corrected chi connectivity index (χ3v) is 2.03. The average molecular weight is 263 g/mol. The molecule has 0 radical (unpaired) electrons. The summed E-state index contributed by atoms with van der Waals surface area (Å²) in [5, 5.41) is 2.95. The summed E-state index contributed by atoms with van der Waals surface area (Å²) in [5.41, 5.74) is 0.436. The van der Waals surface area contributed by atoms with Gasteiger partial charge in [0.1, 0.15) is 18.1 Å². The van der Waals surface area contributed by atoms with Crippen LogP contribution in [0.4, 0.5) is 19.0 Å². The van der Waals surface area contributed by atoms with E-state index in [0.29, 0.717) is 18.1 Å². The Kier molecular flexibility index (Phi) is 5.33. The van der Waals surface area contributed by atoms with E-state index in [1.54, 1.807) is 6.07 Å². The minimum absolute atomic E-state index is 0.161. The second-order valence-electron chi connectivity index (χ2n) is 3.81. The number of aromatic nitrogens is 2. The Morgan fingerprint density at radius 2 is 2.06 bits per heavy atom. The van der Waals surface area contributed by atoms with Gasteiger partial charge in [0.15, 0.2) is 0 Å². The van der Waals surface area contributed by atoms with Gasteiger partial charge in [0.25, 0.3) is 0 Å². The zero-order chi connectivity index (χ0) is 13.6. The number of methoxy groups -OCH3 is 1. The lowest BCUT2D eigenvalue weighted by molar-refractivity contribution is -0.128. The first-order valence-electron chi connectivity index (χ1n) is 5.61. The van der Waals surface area contributed by atoms with E-state index in [0.717, 1.165) is 6.42 Å². The molecule has 0 aliphatic heterocycles. The summed E-state index contributed by atoms with van der Waals surface area (Å²) in [6, 6.07) is 1.60. The van der Waals surface area contributed by atoms with Crippen molar-refractivity contribution in [3.05, 3.63) is 17.6 Å². The van der Waals surface area contributed by atoms with Gasteiger partial charge in [0.2, 0.25) is 0 Å². The predicted octanol–water partition coefficient (Wildman–Crippen LogP) is 2.55. The number of nitrogens with zero attached hydrogens (tertiary/aromatic N) is 2. The molecule has 4 nitrogen and oxygen atoms in total. The highest BCUT2D eigenvalue weighted by atomic mass is 19.4. The van der Waals surface area contributed by atoms with Crippen LogP contribution >= 0.6 is 0 Å². The number of hydrogen-bond donors (Lipinski definition) is 1. The first-order valence-corrected chi connectivity index (χ1v) is 5.61. The molecule has 1 aromatic heterocycles. The van der Waals surface area contributed by atoms with Crippen LogP contribution in [0.15, 0.2) is 6.07 Å². The number of halogens is 3. The number of nitrogens with one attached hydrogen (secondary N) is 1. The molecule has 0 amide bonds. The molecule has 102 valence electrons. The van der Waals surface area contributed by atoms with Gasteiger partial charge < -0.3 is 10.1 Å². The fraction of sp³-hybridized carbons (Fsp3) is 0.636. The summed E-state index contributed by atoms with van der Waals surface area (Å²) < 4.78 is 41.8. The minimum Gasteiger partial charge on any atom is -0.378 e. The lowest BCUT2D eigenvalue weighted by atomic mass is 10.3. The van der Waals surface area contributed by atoms with Crippen LogP contribution in [0.2, 0.25) is 0 Å². The van der Waals surface area contributed by atoms with Crippen molar-refractivity contribution in [1.82, 2.24) is 9.97 Å². The van der Waals surface area contributed by atoms with Crippen molar-refractivity contribution >= 4 is 5.82 Å². The smallest absolute Gasteiger partial charge is 0.378 e. The van der Waals surface area contributed by atoms with Gasteiger partial charge in [-0.05, 0) is 6.42 Å². The molecule has 0 bridgehead atoms. The van der Waals surface area contributed by atoms with Crippen molar-refractivity contribution in [2.24, 2.45) is 0 Å². The molecule has 0 aliphatic carbocycles. The first-order chi connectivity index (χ1) is 8.44. The van der Waals surface area contributed by atoms with Crippen LogP contribution in [-0.2, 0) is 17.8 Å². The van der Waals surface area contributed by atoms with E-state index in [2.05, 4.69) is 15.3 Å². The summed E-state index contributed by atoms with van der Waals surface area (Å²) in [6.45, 7) is 2.77. The normalized spacial score (nSPS) is 11.6. The minimum atomic E-state index is -4.31. The van der Waals surface area contributed by atoms with Crippen LogP contribution in [-0.4, -0.2) is 29.8 Å². The van der Waals surface area contributed by atoms with Crippen LogP contribution < -0.4 is 5.32 Å². The van der Waals surface area contributed by atoms with Crippen molar-refractivity contribution in [3.63, 3.8) is 0 Å². The first kappa shape index (κ1) is 14.7. The van der Waals surface area contributed by atoms with Gasteiger partial charge in [-0.2, -0.15) is 13.2 Å². The molecule has 0 spiro atoms. The maximum Gasteiger partial charge on any atom is 0.396 e. The van der Waals surface area contributed by atoms with Crippen molar-refractivity contribution in [1.29, 1.82) is 0 Å². The third-order valence-electron chi connectivity index (χ3n) is 2.03. The zero-order valence-corrected chi connectivity index (χ0v) is 10.3.